The van der Waals surface area contributed by atoms with E-state index < -0.39 is 0 Å². The fourth-order valence-corrected chi connectivity index (χ4v) is 2.18. The first-order valence-corrected chi connectivity index (χ1v) is 7.20. The minimum absolute atomic E-state index is 0.379. The summed E-state index contributed by atoms with van der Waals surface area (Å²) in [6.45, 7) is 0.490. The van der Waals surface area contributed by atoms with E-state index in [1.165, 1.54) is 13.2 Å². The molecular weight excluding hydrogens is 332 g/mol. The summed E-state index contributed by atoms with van der Waals surface area (Å²) in [5.74, 6) is 0.373. The van der Waals surface area contributed by atoms with E-state index in [4.69, 9.17) is 4.74 Å². The number of methoxy groups -OCH3 is 1. The highest BCUT2D eigenvalue weighted by Crippen LogP contribution is 2.18. The average Bonchev–Trinajstić information content (AvgIpc) is 2.51. The summed E-state index contributed by atoms with van der Waals surface area (Å²) in [7, 11) is 1.35. The van der Waals surface area contributed by atoms with Gasteiger partial charge in [0.15, 0.2) is 0 Å². The highest BCUT2D eigenvalue weighted by Gasteiger charge is 1.98. The number of carbonyl (C=O) groups excluding carboxylic acids is 1. The molecule has 0 aliphatic heterocycles. The van der Waals surface area contributed by atoms with Gasteiger partial charge in [-0.1, -0.05) is 40.2 Å². The summed E-state index contributed by atoms with van der Waals surface area (Å²) in [6.07, 6.45) is 3.07. The van der Waals surface area contributed by atoms with Gasteiger partial charge in [-0.05, 0) is 41.5 Å². The molecule has 0 heterocycles. The third-order valence-corrected chi connectivity index (χ3v) is 3.26. The Balaban J connectivity index is 2.01. The average molecular weight is 347 g/mol. The first kappa shape index (κ1) is 15.3. The van der Waals surface area contributed by atoms with Crippen molar-refractivity contribution in [3.63, 3.8) is 0 Å². The molecule has 2 rings (SSSR count). The second-order valence-corrected chi connectivity index (χ2v) is 5.26. The van der Waals surface area contributed by atoms with Gasteiger partial charge in [0.05, 0.1) is 7.11 Å². The molecule has 0 N–H and O–H groups in total. The number of halogens is 1. The Kier molecular flexibility index (Phi) is 5.58. The molecule has 0 amide bonds. The highest BCUT2D eigenvalue weighted by atomic mass is 79.9. The zero-order valence-corrected chi connectivity index (χ0v) is 13.2. The van der Waals surface area contributed by atoms with Gasteiger partial charge in [0.25, 0.3) is 0 Å². The summed E-state index contributed by atoms with van der Waals surface area (Å²) in [6, 6.07) is 15.5. The van der Waals surface area contributed by atoms with Crippen LogP contribution in [-0.4, -0.2) is 13.1 Å². The topological polar surface area (TPSA) is 35.5 Å². The predicted octanol–water partition coefficient (Wildman–Crippen LogP) is 4.21. The van der Waals surface area contributed by atoms with Crippen LogP contribution in [0.4, 0.5) is 0 Å². The lowest BCUT2D eigenvalue weighted by Gasteiger charge is -2.07. The Bertz CT molecular complexity index is 650. The number of benzene rings is 2. The molecule has 4 heteroatoms. The van der Waals surface area contributed by atoms with Crippen LogP contribution in [0.1, 0.15) is 11.1 Å². The van der Waals surface area contributed by atoms with Crippen LogP contribution in [0.25, 0.3) is 6.08 Å². The number of esters is 1. The molecule has 21 heavy (non-hydrogen) atoms. The fraction of sp³-hybridized carbons (Fsp3) is 0.118. The molecule has 108 valence electrons. The van der Waals surface area contributed by atoms with Gasteiger partial charge in [-0.2, -0.15) is 0 Å². The maximum Gasteiger partial charge on any atom is 0.330 e. The summed E-state index contributed by atoms with van der Waals surface area (Å²) >= 11 is 3.43. The Hall–Kier alpha value is -2.07. The third kappa shape index (κ3) is 5.08. The van der Waals surface area contributed by atoms with E-state index in [9.17, 15) is 4.79 Å². The molecule has 0 spiro atoms. The van der Waals surface area contributed by atoms with E-state index in [1.807, 2.05) is 48.5 Å². The molecule has 0 saturated carbocycles. The van der Waals surface area contributed by atoms with Gasteiger partial charge in [-0.3, -0.25) is 0 Å². The lowest BCUT2D eigenvalue weighted by Crippen LogP contribution is -1.95. The summed E-state index contributed by atoms with van der Waals surface area (Å²) in [5.41, 5.74) is 1.96. The van der Waals surface area contributed by atoms with E-state index in [2.05, 4.69) is 20.7 Å². The number of rotatable bonds is 5. The summed E-state index contributed by atoms with van der Waals surface area (Å²) in [4.78, 5) is 11.1. The van der Waals surface area contributed by atoms with Crippen LogP contribution in [0.2, 0.25) is 0 Å². The van der Waals surface area contributed by atoms with Crippen molar-refractivity contribution in [1.82, 2.24) is 0 Å². The van der Waals surface area contributed by atoms with Gasteiger partial charge in [0.1, 0.15) is 12.4 Å². The van der Waals surface area contributed by atoms with Gasteiger partial charge in [-0.25, -0.2) is 4.79 Å². The van der Waals surface area contributed by atoms with Crippen LogP contribution >= 0.6 is 15.9 Å². The SMILES string of the molecule is COC(=O)/C=C/c1cccc(OCc2cccc(Br)c2)c1. The maximum absolute atomic E-state index is 11.1. The smallest absolute Gasteiger partial charge is 0.330 e. The number of hydrogen-bond acceptors (Lipinski definition) is 3. The van der Waals surface area contributed by atoms with Crippen LogP contribution in [-0.2, 0) is 16.1 Å². The second-order valence-electron chi connectivity index (χ2n) is 4.35. The molecule has 0 radical (unpaired) electrons. The zero-order valence-electron chi connectivity index (χ0n) is 11.6. The lowest BCUT2D eigenvalue weighted by atomic mass is 10.2. The van der Waals surface area contributed by atoms with E-state index >= 15 is 0 Å². The first-order valence-electron chi connectivity index (χ1n) is 6.41. The first-order chi connectivity index (χ1) is 10.2. The highest BCUT2D eigenvalue weighted by molar-refractivity contribution is 9.10. The molecule has 0 atom stereocenters. The molecule has 3 nitrogen and oxygen atoms in total. The number of carbonyl (C=O) groups is 1. The predicted molar refractivity (Wildman–Crippen MR) is 86.0 cm³/mol. The molecule has 0 saturated heterocycles. The van der Waals surface area contributed by atoms with E-state index in [0.717, 1.165) is 21.3 Å². The second kappa shape index (κ2) is 7.64. The molecule has 0 aromatic heterocycles. The Labute approximate surface area is 132 Å². The van der Waals surface area contributed by atoms with Crippen molar-refractivity contribution in [1.29, 1.82) is 0 Å². The van der Waals surface area contributed by atoms with Crippen molar-refractivity contribution >= 4 is 28.0 Å². The van der Waals surface area contributed by atoms with Crippen molar-refractivity contribution in [2.45, 2.75) is 6.61 Å². The third-order valence-electron chi connectivity index (χ3n) is 2.77. The normalized spacial score (nSPS) is 10.6. The minimum atomic E-state index is -0.379. The molecule has 0 unspecified atom stereocenters. The summed E-state index contributed by atoms with van der Waals surface area (Å²) in [5, 5.41) is 0. The van der Waals surface area contributed by atoms with Gasteiger partial charge >= 0.3 is 5.97 Å². The van der Waals surface area contributed by atoms with Crippen molar-refractivity contribution < 1.29 is 14.3 Å². The standard InChI is InChI=1S/C17H15BrO3/c1-20-17(19)9-8-13-4-3-7-16(11-13)21-12-14-5-2-6-15(18)10-14/h2-11H,12H2,1H3/b9-8+. The monoisotopic (exact) mass is 346 g/mol. The number of hydrogen-bond donors (Lipinski definition) is 0. The van der Waals surface area contributed by atoms with Crippen molar-refractivity contribution in [3.05, 3.63) is 70.2 Å². The van der Waals surface area contributed by atoms with Gasteiger partial charge in [0, 0.05) is 10.5 Å². The van der Waals surface area contributed by atoms with Crippen molar-refractivity contribution in [3.8, 4) is 5.75 Å². The Morgan fingerprint density at radius 3 is 2.76 bits per heavy atom. The quantitative estimate of drug-likeness (QED) is 0.600. The molecular formula is C17H15BrO3. The van der Waals surface area contributed by atoms with Gasteiger partial charge in [-0.15, -0.1) is 0 Å². The minimum Gasteiger partial charge on any atom is -0.489 e. The maximum atomic E-state index is 11.1. The fourth-order valence-electron chi connectivity index (χ4n) is 1.73. The van der Waals surface area contributed by atoms with Gasteiger partial charge < -0.3 is 9.47 Å². The van der Waals surface area contributed by atoms with E-state index in [-0.39, 0.29) is 5.97 Å². The Morgan fingerprint density at radius 1 is 1.19 bits per heavy atom. The molecule has 2 aromatic carbocycles. The zero-order chi connectivity index (χ0) is 15.1. The molecule has 2 aromatic rings. The largest absolute Gasteiger partial charge is 0.489 e. The van der Waals surface area contributed by atoms with Crippen LogP contribution < -0.4 is 4.74 Å². The molecule has 0 aliphatic carbocycles. The van der Waals surface area contributed by atoms with E-state index in [0.29, 0.717) is 6.61 Å². The van der Waals surface area contributed by atoms with Crippen LogP contribution in [0.5, 0.6) is 5.75 Å². The lowest BCUT2D eigenvalue weighted by molar-refractivity contribution is -0.134. The summed E-state index contributed by atoms with van der Waals surface area (Å²) < 4.78 is 11.3. The van der Waals surface area contributed by atoms with Crippen LogP contribution in [0.3, 0.4) is 0 Å². The Morgan fingerprint density at radius 2 is 2.00 bits per heavy atom. The molecule has 0 aliphatic rings. The van der Waals surface area contributed by atoms with Crippen molar-refractivity contribution in [2.75, 3.05) is 7.11 Å². The molecule has 0 bridgehead atoms. The van der Waals surface area contributed by atoms with Crippen LogP contribution in [0, 0.1) is 0 Å². The van der Waals surface area contributed by atoms with E-state index in [1.54, 1.807) is 6.08 Å². The number of ether oxygens (including phenoxy) is 2. The van der Waals surface area contributed by atoms with Crippen LogP contribution in [0.15, 0.2) is 59.1 Å². The van der Waals surface area contributed by atoms with Crippen molar-refractivity contribution in [2.24, 2.45) is 0 Å². The van der Waals surface area contributed by atoms with Gasteiger partial charge in [0.2, 0.25) is 0 Å². The molecule has 0 fully saturated rings.